The molecule has 3 nitrogen and oxygen atoms in total. The Kier molecular flexibility index (Phi) is 4.78. The quantitative estimate of drug-likeness (QED) is 0.443. The van der Waals surface area contributed by atoms with Crippen molar-refractivity contribution in [2.45, 2.75) is 105 Å². The highest BCUT2D eigenvalue weighted by atomic mass is 16.4. The van der Waals surface area contributed by atoms with E-state index >= 15 is 0 Å². The second-order valence-corrected chi connectivity index (χ2v) is 13.6. The number of carboxylic acid groups (broad SMARTS) is 1. The van der Waals surface area contributed by atoms with E-state index in [-0.39, 0.29) is 33.7 Å². The van der Waals surface area contributed by atoms with Gasteiger partial charge in [0.2, 0.25) is 0 Å². The summed E-state index contributed by atoms with van der Waals surface area (Å²) >= 11 is 0. The minimum absolute atomic E-state index is 0.0363. The minimum atomic E-state index is -0.590. The molecular formula is C29H44O3. The Labute approximate surface area is 194 Å². The van der Waals surface area contributed by atoms with Crippen LogP contribution in [-0.4, -0.2) is 22.3 Å². The van der Waals surface area contributed by atoms with Gasteiger partial charge in [0.15, 0.2) is 0 Å². The molecule has 0 aliphatic heterocycles. The Bertz CT molecular complexity index is 885. The van der Waals surface area contributed by atoms with Gasteiger partial charge in [0.1, 0.15) is 0 Å². The normalized spacial score (nSPS) is 52.1. The molecule has 3 unspecified atom stereocenters. The maximum absolute atomic E-state index is 12.6. The predicted octanol–water partition coefficient (Wildman–Crippen LogP) is 6.76. The Morgan fingerprint density at radius 3 is 2.41 bits per heavy atom. The van der Waals surface area contributed by atoms with E-state index in [1.54, 1.807) is 0 Å². The van der Waals surface area contributed by atoms with E-state index in [0.717, 1.165) is 51.4 Å². The third kappa shape index (κ3) is 2.55. The molecule has 178 valence electrons. The van der Waals surface area contributed by atoms with Gasteiger partial charge in [-0.15, -0.1) is 0 Å². The number of allylic oxidation sites excluding steroid dienone is 3. The summed E-state index contributed by atoms with van der Waals surface area (Å²) in [6.07, 6.45) is 12.0. The van der Waals surface area contributed by atoms with E-state index in [2.05, 4.69) is 47.3 Å². The molecule has 0 radical (unpaired) electrons. The van der Waals surface area contributed by atoms with Gasteiger partial charge in [0, 0.05) is 5.92 Å². The third-order valence-corrected chi connectivity index (χ3v) is 12.5. The number of hydrogen-bond donors (Lipinski definition) is 2. The van der Waals surface area contributed by atoms with Gasteiger partial charge in [-0.1, -0.05) is 58.4 Å². The van der Waals surface area contributed by atoms with Gasteiger partial charge in [-0.05, 0) is 97.7 Å². The molecule has 5 aliphatic rings. The molecule has 5 rings (SSSR count). The van der Waals surface area contributed by atoms with Crippen molar-refractivity contribution in [1.82, 2.24) is 0 Å². The summed E-state index contributed by atoms with van der Waals surface area (Å²) in [5, 5.41) is 21.2. The van der Waals surface area contributed by atoms with Gasteiger partial charge < -0.3 is 10.2 Å². The summed E-state index contributed by atoms with van der Waals surface area (Å²) in [4.78, 5) is 12.6. The standard InChI is InChI=1S/C29H44O3/c1-18-9-14-29(24(31)32)16-15-27(5)19(20(29)17-18)7-8-22-26(4)12-11-23(30)25(2,3)21(26)10-13-28(22,27)6/h7,20-23,30H,1,8-17H2,2-6H3,(H,31,32)/t20?,21?,22?,23-,26+,27-,28-,29+/m1/s1. The first-order chi connectivity index (χ1) is 14.8. The fraction of sp³-hybridized carbons (Fsp3) is 0.828. The van der Waals surface area contributed by atoms with Crippen LogP contribution in [0.3, 0.4) is 0 Å². The monoisotopic (exact) mass is 440 g/mol. The number of rotatable bonds is 1. The first-order valence-corrected chi connectivity index (χ1v) is 13.1. The molecule has 3 heteroatoms. The molecule has 4 saturated carbocycles. The summed E-state index contributed by atoms with van der Waals surface area (Å²) in [6, 6.07) is 0. The number of fused-ring (bicyclic) bond motifs is 7. The van der Waals surface area contributed by atoms with Crippen LogP contribution in [0, 0.1) is 44.8 Å². The van der Waals surface area contributed by atoms with Crippen molar-refractivity contribution >= 4 is 5.97 Å². The molecule has 5 aliphatic carbocycles. The van der Waals surface area contributed by atoms with E-state index in [1.165, 1.54) is 24.0 Å². The zero-order chi connectivity index (χ0) is 23.3. The summed E-state index contributed by atoms with van der Waals surface area (Å²) in [5.41, 5.74) is 2.55. The number of hydrogen-bond acceptors (Lipinski definition) is 2. The highest BCUT2D eigenvalue weighted by Crippen LogP contribution is 2.75. The molecular weight excluding hydrogens is 396 g/mol. The minimum Gasteiger partial charge on any atom is -0.481 e. The van der Waals surface area contributed by atoms with Crippen molar-refractivity contribution in [3.05, 3.63) is 23.8 Å². The maximum atomic E-state index is 12.6. The predicted molar refractivity (Wildman–Crippen MR) is 128 cm³/mol. The second kappa shape index (κ2) is 6.74. The molecule has 0 aromatic carbocycles. The van der Waals surface area contributed by atoms with Crippen LogP contribution in [0.4, 0.5) is 0 Å². The van der Waals surface area contributed by atoms with Crippen molar-refractivity contribution < 1.29 is 15.0 Å². The number of aliphatic hydroxyl groups is 1. The molecule has 0 bridgehead atoms. The summed E-state index contributed by atoms with van der Waals surface area (Å²) in [6.45, 7) is 16.5. The third-order valence-electron chi connectivity index (χ3n) is 12.5. The first kappa shape index (κ1) is 22.7. The lowest BCUT2D eigenvalue weighted by atomic mass is 9.34. The zero-order valence-electron chi connectivity index (χ0n) is 21.0. The fourth-order valence-electron chi connectivity index (χ4n) is 10.2. The average molecular weight is 441 g/mol. The number of aliphatic hydroxyl groups excluding tert-OH is 1. The van der Waals surface area contributed by atoms with E-state index in [9.17, 15) is 15.0 Å². The van der Waals surface area contributed by atoms with Crippen molar-refractivity contribution in [2.75, 3.05) is 0 Å². The van der Waals surface area contributed by atoms with Gasteiger partial charge in [0.05, 0.1) is 11.5 Å². The van der Waals surface area contributed by atoms with Crippen LogP contribution < -0.4 is 0 Å². The van der Waals surface area contributed by atoms with Crippen LogP contribution >= 0.6 is 0 Å². The van der Waals surface area contributed by atoms with Crippen LogP contribution in [0.25, 0.3) is 0 Å². The molecule has 0 saturated heterocycles. The molecule has 4 fully saturated rings. The van der Waals surface area contributed by atoms with Gasteiger partial charge >= 0.3 is 5.97 Å². The van der Waals surface area contributed by atoms with E-state index in [1.807, 2.05) is 0 Å². The molecule has 0 spiro atoms. The lowest BCUT2D eigenvalue weighted by Gasteiger charge is -2.70. The SMILES string of the molecule is C=C1CC[C@]2(C(=O)O)CC[C@]3(C)C(=CCC4[C@@]5(C)CC[C@@H](O)C(C)(C)C5CC[C@]43C)C2C1. The van der Waals surface area contributed by atoms with Gasteiger partial charge in [-0.3, -0.25) is 4.79 Å². The second-order valence-electron chi connectivity index (χ2n) is 13.6. The highest BCUT2D eigenvalue weighted by molar-refractivity contribution is 5.77. The Hall–Kier alpha value is -1.09. The van der Waals surface area contributed by atoms with Gasteiger partial charge in [-0.25, -0.2) is 0 Å². The number of aliphatic carboxylic acids is 1. The number of carbonyl (C=O) groups is 1. The first-order valence-electron chi connectivity index (χ1n) is 13.1. The van der Waals surface area contributed by atoms with Crippen LogP contribution in [0.1, 0.15) is 98.8 Å². The van der Waals surface area contributed by atoms with E-state index < -0.39 is 11.4 Å². The topological polar surface area (TPSA) is 57.5 Å². The Balaban J connectivity index is 1.60. The van der Waals surface area contributed by atoms with Crippen molar-refractivity contribution in [3.63, 3.8) is 0 Å². The number of carboxylic acids is 1. The Morgan fingerprint density at radius 1 is 1.00 bits per heavy atom. The van der Waals surface area contributed by atoms with Crippen LogP contribution in [0.2, 0.25) is 0 Å². The fourth-order valence-corrected chi connectivity index (χ4v) is 10.2. The van der Waals surface area contributed by atoms with E-state index in [4.69, 9.17) is 0 Å². The molecule has 2 N–H and O–H groups in total. The molecule has 32 heavy (non-hydrogen) atoms. The zero-order valence-corrected chi connectivity index (χ0v) is 21.0. The molecule has 0 heterocycles. The maximum Gasteiger partial charge on any atom is 0.310 e. The van der Waals surface area contributed by atoms with Crippen molar-refractivity contribution in [3.8, 4) is 0 Å². The van der Waals surface area contributed by atoms with Crippen molar-refractivity contribution in [2.24, 2.45) is 44.8 Å². The smallest absolute Gasteiger partial charge is 0.310 e. The lowest BCUT2D eigenvalue weighted by molar-refractivity contribution is -0.203. The average Bonchev–Trinajstić information content (AvgIpc) is 2.71. The summed E-state index contributed by atoms with van der Waals surface area (Å²) in [5.74, 6) is 0.682. The molecule has 0 aromatic rings. The van der Waals surface area contributed by atoms with Crippen molar-refractivity contribution in [1.29, 1.82) is 0 Å². The summed E-state index contributed by atoms with van der Waals surface area (Å²) in [7, 11) is 0. The highest BCUT2D eigenvalue weighted by Gasteiger charge is 2.68. The molecule has 0 amide bonds. The lowest BCUT2D eigenvalue weighted by Crippen LogP contribution is -2.64. The molecule has 8 atom stereocenters. The van der Waals surface area contributed by atoms with Gasteiger partial charge in [0.25, 0.3) is 0 Å². The molecule has 0 aromatic heterocycles. The Morgan fingerprint density at radius 2 is 1.72 bits per heavy atom. The van der Waals surface area contributed by atoms with Crippen LogP contribution in [-0.2, 0) is 4.79 Å². The van der Waals surface area contributed by atoms with Crippen LogP contribution in [0.15, 0.2) is 23.8 Å². The summed E-state index contributed by atoms with van der Waals surface area (Å²) < 4.78 is 0. The van der Waals surface area contributed by atoms with E-state index in [0.29, 0.717) is 11.8 Å². The largest absolute Gasteiger partial charge is 0.481 e. The van der Waals surface area contributed by atoms with Gasteiger partial charge in [-0.2, -0.15) is 0 Å². The van der Waals surface area contributed by atoms with Crippen LogP contribution in [0.5, 0.6) is 0 Å².